The van der Waals surface area contributed by atoms with Crippen LogP contribution in [0.2, 0.25) is 0 Å². The molecule has 1 aromatic rings. The van der Waals surface area contributed by atoms with Gasteiger partial charge in [-0.25, -0.2) is 0 Å². The first kappa shape index (κ1) is 15.5. The predicted octanol–water partition coefficient (Wildman–Crippen LogP) is 2.84. The van der Waals surface area contributed by atoms with E-state index in [1.54, 1.807) is 11.9 Å². The number of aliphatic carboxylic acids is 1. The van der Waals surface area contributed by atoms with E-state index in [1.165, 1.54) is 5.56 Å². The SMILES string of the molecule is Cc1ccc(CN(C)C(=O)[C@@H]2CCCC[C@@H]2C(=O)O)cc1. The number of carboxylic acids is 1. The van der Waals surface area contributed by atoms with Gasteiger partial charge in [0, 0.05) is 13.6 Å². The van der Waals surface area contributed by atoms with Crippen LogP contribution in [0.4, 0.5) is 0 Å². The first-order chi connectivity index (χ1) is 9.99. The Bertz CT molecular complexity index is 509. The molecule has 1 aromatic carbocycles. The molecule has 1 aliphatic rings. The van der Waals surface area contributed by atoms with Crippen molar-refractivity contribution in [3.05, 3.63) is 35.4 Å². The van der Waals surface area contributed by atoms with Crippen molar-refractivity contribution >= 4 is 11.9 Å². The number of nitrogens with zero attached hydrogens (tertiary/aromatic N) is 1. The summed E-state index contributed by atoms with van der Waals surface area (Å²) in [5.41, 5.74) is 2.25. The second-order valence-corrected chi connectivity index (χ2v) is 6.02. The van der Waals surface area contributed by atoms with Gasteiger partial charge >= 0.3 is 5.97 Å². The van der Waals surface area contributed by atoms with Crippen LogP contribution >= 0.6 is 0 Å². The molecule has 0 radical (unpaired) electrons. The molecule has 1 aliphatic carbocycles. The van der Waals surface area contributed by atoms with Gasteiger partial charge in [0.15, 0.2) is 0 Å². The smallest absolute Gasteiger partial charge is 0.307 e. The second kappa shape index (κ2) is 6.74. The summed E-state index contributed by atoms with van der Waals surface area (Å²) in [5.74, 6) is -1.77. The quantitative estimate of drug-likeness (QED) is 0.927. The van der Waals surface area contributed by atoms with Crippen LogP contribution in [0.5, 0.6) is 0 Å². The highest BCUT2D eigenvalue weighted by Gasteiger charge is 2.36. The molecule has 0 unspecified atom stereocenters. The maximum absolute atomic E-state index is 12.5. The summed E-state index contributed by atoms with van der Waals surface area (Å²) in [7, 11) is 1.76. The standard InChI is InChI=1S/C17H23NO3/c1-12-7-9-13(10-8-12)11-18(2)16(19)14-5-3-4-6-15(14)17(20)21/h7-10,14-15H,3-6,11H2,1-2H3,(H,20,21)/t14-,15+/m1/s1. The van der Waals surface area contributed by atoms with E-state index < -0.39 is 11.9 Å². The number of hydrogen-bond donors (Lipinski definition) is 1. The molecule has 21 heavy (non-hydrogen) atoms. The van der Waals surface area contributed by atoms with Crippen molar-refractivity contribution in [2.75, 3.05) is 7.05 Å². The fraction of sp³-hybridized carbons (Fsp3) is 0.529. The van der Waals surface area contributed by atoms with E-state index in [2.05, 4.69) is 0 Å². The Balaban J connectivity index is 2.03. The lowest BCUT2D eigenvalue weighted by Gasteiger charge is -2.31. The van der Waals surface area contributed by atoms with Crippen LogP contribution in [0, 0.1) is 18.8 Å². The normalized spacial score (nSPS) is 21.8. The number of carboxylic acid groups (broad SMARTS) is 1. The van der Waals surface area contributed by atoms with E-state index in [4.69, 9.17) is 0 Å². The van der Waals surface area contributed by atoms with Crippen LogP contribution in [0.15, 0.2) is 24.3 Å². The Labute approximate surface area is 125 Å². The maximum atomic E-state index is 12.5. The summed E-state index contributed by atoms with van der Waals surface area (Å²) < 4.78 is 0. The molecule has 0 heterocycles. The van der Waals surface area contributed by atoms with Gasteiger partial charge in [-0.1, -0.05) is 42.7 Å². The summed E-state index contributed by atoms with van der Waals surface area (Å²) >= 11 is 0. The van der Waals surface area contributed by atoms with Gasteiger partial charge in [0.2, 0.25) is 5.91 Å². The van der Waals surface area contributed by atoms with Crippen molar-refractivity contribution in [1.29, 1.82) is 0 Å². The van der Waals surface area contributed by atoms with Crippen LogP contribution in [0.3, 0.4) is 0 Å². The van der Waals surface area contributed by atoms with Crippen LogP contribution in [0.1, 0.15) is 36.8 Å². The van der Waals surface area contributed by atoms with Crippen molar-refractivity contribution in [2.45, 2.75) is 39.2 Å². The zero-order chi connectivity index (χ0) is 15.4. The van der Waals surface area contributed by atoms with Gasteiger partial charge in [-0.3, -0.25) is 9.59 Å². The summed E-state index contributed by atoms with van der Waals surface area (Å²) in [4.78, 5) is 25.5. The zero-order valence-corrected chi connectivity index (χ0v) is 12.7. The van der Waals surface area contributed by atoms with Crippen molar-refractivity contribution in [1.82, 2.24) is 4.90 Å². The number of benzene rings is 1. The largest absolute Gasteiger partial charge is 0.481 e. The zero-order valence-electron chi connectivity index (χ0n) is 12.7. The van der Waals surface area contributed by atoms with Gasteiger partial charge in [0.05, 0.1) is 11.8 Å². The monoisotopic (exact) mass is 289 g/mol. The molecule has 2 atom stereocenters. The third kappa shape index (κ3) is 3.84. The first-order valence-corrected chi connectivity index (χ1v) is 7.52. The Hall–Kier alpha value is -1.84. The minimum absolute atomic E-state index is 0.0392. The molecule has 0 bridgehead atoms. The lowest BCUT2D eigenvalue weighted by molar-refractivity contribution is -0.152. The minimum Gasteiger partial charge on any atom is -0.481 e. The molecule has 1 amide bonds. The molecule has 0 aliphatic heterocycles. The van der Waals surface area contributed by atoms with Crippen LogP contribution in [0.25, 0.3) is 0 Å². The summed E-state index contributed by atoms with van der Waals surface area (Å²) in [6.45, 7) is 2.56. The fourth-order valence-electron chi connectivity index (χ4n) is 3.05. The van der Waals surface area contributed by atoms with Gasteiger partial charge < -0.3 is 10.0 Å². The van der Waals surface area contributed by atoms with Crippen LogP contribution in [-0.2, 0) is 16.1 Å². The topological polar surface area (TPSA) is 57.6 Å². The van der Waals surface area contributed by atoms with E-state index >= 15 is 0 Å². The number of rotatable bonds is 4. The molecule has 0 aromatic heterocycles. The molecule has 1 fully saturated rings. The Kier molecular flexibility index (Phi) is 4.99. The predicted molar refractivity (Wildman–Crippen MR) is 80.7 cm³/mol. The molecule has 114 valence electrons. The van der Waals surface area contributed by atoms with E-state index in [0.717, 1.165) is 18.4 Å². The first-order valence-electron chi connectivity index (χ1n) is 7.52. The molecular formula is C17H23NO3. The summed E-state index contributed by atoms with van der Waals surface area (Å²) in [5, 5.41) is 9.29. The van der Waals surface area contributed by atoms with E-state index in [-0.39, 0.29) is 11.8 Å². The van der Waals surface area contributed by atoms with Crippen molar-refractivity contribution in [3.8, 4) is 0 Å². The highest BCUT2D eigenvalue weighted by Crippen LogP contribution is 2.31. The number of carbonyl (C=O) groups excluding carboxylic acids is 1. The molecule has 1 N–H and O–H groups in total. The summed E-state index contributed by atoms with van der Waals surface area (Å²) in [6, 6.07) is 8.06. The Morgan fingerprint density at radius 3 is 2.29 bits per heavy atom. The van der Waals surface area contributed by atoms with Crippen molar-refractivity contribution in [3.63, 3.8) is 0 Å². The van der Waals surface area contributed by atoms with Crippen LogP contribution in [-0.4, -0.2) is 28.9 Å². The molecular weight excluding hydrogens is 266 g/mol. The van der Waals surface area contributed by atoms with E-state index in [0.29, 0.717) is 19.4 Å². The van der Waals surface area contributed by atoms with Gasteiger partial charge in [0.1, 0.15) is 0 Å². The van der Waals surface area contributed by atoms with Gasteiger partial charge in [-0.05, 0) is 25.3 Å². The Morgan fingerprint density at radius 1 is 1.14 bits per heavy atom. The van der Waals surface area contributed by atoms with Gasteiger partial charge in [0.25, 0.3) is 0 Å². The molecule has 4 nitrogen and oxygen atoms in total. The van der Waals surface area contributed by atoms with Crippen LogP contribution < -0.4 is 0 Å². The van der Waals surface area contributed by atoms with Crippen molar-refractivity contribution < 1.29 is 14.7 Å². The molecule has 1 saturated carbocycles. The third-order valence-electron chi connectivity index (χ3n) is 4.32. The molecule has 0 saturated heterocycles. The van der Waals surface area contributed by atoms with Crippen molar-refractivity contribution in [2.24, 2.45) is 11.8 Å². The number of hydrogen-bond acceptors (Lipinski definition) is 2. The maximum Gasteiger partial charge on any atom is 0.307 e. The lowest BCUT2D eigenvalue weighted by Crippen LogP contribution is -2.40. The summed E-state index contributed by atoms with van der Waals surface area (Å²) in [6.07, 6.45) is 3.15. The average molecular weight is 289 g/mol. The number of amides is 1. The third-order valence-corrected chi connectivity index (χ3v) is 4.32. The molecule has 4 heteroatoms. The lowest BCUT2D eigenvalue weighted by atomic mass is 9.78. The van der Waals surface area contributed by atoms with E-state index in [1.807, 2.05) is 31.2 Å². The minimum atomic E-state index is -0.836. The molecule has 2 rings (SSSR count). The van der Waals surface area contributed by atoms with Gasteiger partial charge in [-0.2, -0.15) is 0 Å². The Morgan fingerprint density at radius 2 is 1.71 bits per heavy atom. The highest BCUT2D eigenvalue weighted by molar-refractivity contribution is 5.84. The average Bonchev–Trinajstić information content (AvgIpc) is 2.48. The van der Waals surface area contributed by atoms with E-state index in [9.17, 15) is 14.7 Å². The second-order valence-electron chi connectivity index (χ2n) is 6.02. The highest BCUT2D eigenvalue weighted by atomic mass is 16.4. The van der Waals surface area contributed by atoms with Gasteiger partial charge in [-0.15, -0.1) is 0 Å². The number of aryl methyl sites for hydroxylation is 1. The number of carbonyl (C=O) groups is 2. The fourth-order valence-corrected chi connectivity index (χ4v) is 3.05. The molecule has 0 spiro atoms.